The van der Waals surface area contributed by atoms with Crippen LogP contribution in [0.5, 0.6) is 5.88 Å². The van der Waals surface area contributed by atoms with Crippen molar-refractivity contribution in [2.45, 2.75) is 12.5 Å². The lowest BCUT2D eigenvalue weighted by molar-refractivity contribution is 0.300. The quantitative estimate of drug-likeness (QED) is 0.919. The molecule has 0 amide bonds. The molecule has 3 atom stereocenters. The number of hydrogen-bond donors (Lipinski definition) is 1. The molecular formula is C16H19FN4O. The maximum atomic E-state index is 14.2. The van der Waals surface area contributed by atoms with Crippen LogP contribution in [-0.2, 0) is 6.42 Å². The monoisotopic (exact) mass is 302 g/mol. The molecule has 1 unspecified atom stereocenters. The van der Waals surface area contributed by atoms with Gasteiger partial charge in [0.2, 0.25) is 5.88 Å². The van der Waals surface area contributed by atoms with E-state index < -0.39 is 0 Å². The van der Waals surface area contributed by atoms with E-state index in [9.17, 15) is 4.39 Å². The summed E-state index contributed by atoms with van der Waals surface area (Å²) in [5.74, 6) is 1.48. The normalized spacial score (nSPS) is 27.1. The SMILES string of the molecule is COc1ccc2ncc(F)c(CCN3C[C@@H]4C(N)[C@@H]4C3)c2n1. The zero-order chi connectivity index (χ0) is 15.3. The summed E-state index contributed by atoms with van der Waals surface area (Å²) in [6.45, 7) is 2.90. The van der Waals surface area contributed by atoms with Crippen LogP contribution in [0.2, 0.25) is 0 Å². The van der Waals surface area contributed by atoms with Gasteiger partial charge in [0, 0.05) is 37.3 Å². The maximum Gasteiger partial charge on any atom is 0.213 e. The number of hydrogen-bond acceptors (Lipinski definition) is 5. The van der Waals surface area contributed by atoms with Crippen molar-refractivity contribution in [1.82, 2.24) is 14.9 Å². The fourth-order valence-corrected chi connectivity index (χ4v) is 3.54. The molecule has 4 rings (SSSR count). The topological polar surface area (TPSA) is 64.3 Å². The lowest BCUT2D eigenvalue weighted by Gasteiger charge is -2.19. The van der Waals surface area contributed by atoms with E-state index in [0.717, 1.165) is 19.6 Å². The summed E-state index contributed by atoms with van der Waals surface area (Å²) in [6, 6.07) is 3.95. The van der Waals surface area contributed by atoms with Gasteiger partial charge < -0.3 is 15.4 Å². The van der Waals surface area contributed by atoms with Crippen LogP contribution < -0.4 is 10.5 Å². The largest absolute Gasteiger partial charge is 0.481 e. The fraction of sp³-hybridized carbons (Fsp3) is 0.500. The molecule has 22 heavy (non-hydrogen) atoms. The van der Waals surface area contributed by atoms with Crippen molar-refractivity contribution in [3.63, 3.8) is 0 Å². The van der Waals surface area contributed by atoms with Gasteiger partial charge in [-0.25, -0.2) is 9.37 Å². The first-order valence-electron chi connectivity index (χ1n) is 7.63. The second-order valence-corrected chi connectivity index (χ2v) is 6.22. The molecule has 2 fully saturated rings. The van der Waals surface area contributed by atoms with Crippen LogP contribution in [0, 0.1) is 17.7 Å². The number of fused-ring (bicyclic) bond motifs is 2. The van der Waals surface area contributed by atoms with Crippen molar-refractivity contribution < 1.29 is 9.13 Å². The van der Waals surface area contributed by atoms with E-state index >= 15 is 0 Å². The molecule has 3 heterocycles. The lowest BCUT2D eigenvalue weighted by Crippen LogP contribution is -2.30. The molecule has 1 aliphatic heterocycles. The highest BCUT2D eigenvalue weighted by Gasteiger charge is 2.53. The number of rotatable bonds is 4. The minimum absolute atomic E-state index is 0.297. The Morgan fingerprint density at radius 2 is 2.14 bits per heavy atom. The molecule has 5 nitrogen and oxygen atoms in total. The molecule has 2 aromatic rings. The van der Waals surface area contributed by atoms with Crippen LogP contribution in [0.3, 0.4) is 0 Å². The Balaban J connectivity index is 1.56. The van der Waals surface area contributed by atoms with E-state index in [2.05, 4.69) is 14.9 Å². The molecule has 1 aliphatic carbocycles. The van der Waals surface area contributed by atoms with E-state index in [-0.39, 0.29) is 5.82 Å². The smallest absolute Gasteiger partial charge is 0.213 e. The van der Waals surface area contributed by atoms with Gasteiger partial charge in [-0.15, -0.1) is 0 Å². The van der Waals surface area contributed by atoms with E-state index in [4.69, 9.17) is 10.5 Å². The van der Waals surface area contributed by atoms with Crippen molar-refractivity contribution in [3.8, 4) is 5.88 Å². The van der Waals surface area contributed by atoms with Gasteiger partial charge in [0.15, 0.2) is 0 Å². The number of ether oxygens (including phenoxy) is 1. The van der Waals surface area contributed by atoms with E-state index in [1.807, 2.05) is 6.07 Å². The zero-order valence-corrected chi connectivity index (χ0v) is 12.5. The highest BCUT2D eigenvalue weighted by atomic mass is 19.1. The Bertz CT molecular complexity index is 711. The number of aromatic nitrogens is 2. The number of pyridine rings is 2. The first-order chi connectivity index (χ1) is 10.7. The van der Waals surface area contributed by atoms with Crippen molar-refractivity contribution in [2.75, 3.05) is 26.7 Å². The van der Waals surface area contributed by atoms with Gasteiger partial charge in [0.05, 0.1) is 24.3 Å². The highest BCUT2D eigenvalue weighted by Crippen LogP contribution is 2.43. The fourth-order valence-electron chi connectivity index (χ4n) is 3.54. The third-order valence-corrected chi connectivity index (χ3v) is 4.96. The zero-order valence-electron chi connectivity index (χ0n) is 12.5. The molecule has 2 aromatic heterocycles. The summed E-state index contributed by atoms with van der Waals surface area (Å²) in [5, 5.41) is 0. The Labute approximate surface area is 128 Å². The Morgan fingerprint density at radius 1 is 1.36 bits per heavy atom. The van der Waals surface area contributed by atoms with Crippen LogP contribution in [0.1, 0.15) is 5.56 Å². The molecule has 0 bridgehead atoms. The standard InChI is InChI=1S/C16H19FN4O/c1-22-14-3-2-13-16(20-14)9(12(17)6-19-13)4-5-21-7-10-11(8-21)15(10)18/h2-3,6,10-11,15H,4-5,7-8,18H2,1H3/t10-,11+,15?. The van der Waals surface area contributed by atoms with Crippen LogP contribution in [-0.4, -0.2) is 47.7 Å². The summed E-state index contributed by atoms with van der Waals surface area (Å²) in [7, 11) is 1.56. The molecule has 1 saturated heterocycles. The average Bonchev–Trinajstić information content (AvgIpc) is 2.96. The number of nitrogens with two attached hydrogens (primary N) is 1. The van der Waals surface area contributed by atoms with Gasteiger partial charge in [-0.05, 0) is 24.3 Å². The molecule has 0 aromatic carbocycles. The van der Waals surface area contributed by atoms with Gasteiger partial charge in [0.25, 0.3) is 0 Å². The third-order valence-electron chi connectivity index (χ3n) is 4.96. The number of nitrogens with zero attached hydrogens (tertiary/aromatic N) is 3. The predicted molar refractivity (Wildman–Crippen MR) is 81.1 cm³/mol. The third kappa shape index (κ3) is 2.23. The highest BCUT2D eigenvalue weighted by molar-refractivity contribution is 5.78. The van der Waals surface area contributed by atoms with E-state index in [0.29, 0.717) is 46.8 Å². The maximum absolute atomic E-state index is 14.2. The summed E-state index contributed by atoms with van der Waals surface area (Å²) >= 11 is 0. The van der Waals surface area contributed by atoms with Gasteiger partial charge in [0.1, 0.15) is 5.82 Å². The van der Waals surface area contributed by atoms with Gasteiger partial charge in [-0.1, -0.05) is 0 Å². The first kappa shape index (κ1) is 13.8. The minimum atomic E-state index is -0.297. The lowest BCUT2D eigenvalue weighted by atomic mass is 10.1. The summed E-state index contributed by atoms with van der Waals surface area (Å²) in [5.41, 5.74) is 7.87. The minimum Gasteiger partial charge on any atom is -0.481 e. The van der Waals surface area contributed by atoms with Gasteiger partial charge in [-0.2, -0.15) is 0 Å². The first-order valence-corrected chi connectivity index (χ1v) is 7.63. The molecule has 2 N–H and O–H groups in total. The number of halogens is 1. The van der Waals surface area contributed by atoms with Crippen LogP contribution in [0.25, 0.3) is 11.0 Å². The van der Waals surface area contributed by atoms with Crippen LogP contribution in [0.4, 0.5) is 4.39 Å². The molecule has 0 radical (unpaired) electrons. The Morgan fingerprint density at radius 3 is 2.86 bits per heavy atom. The molecule has 1 saturated carbocycles. The second-order valence-electron chi connectivity index (χ2n) is 6.22. The molecule has 6 heteroatoms. The van der Waals surface area contributed by atoms with Crippen LogP contribution >= 0.6 is 0 Å². The number of piperidine rings is 1. The number of likely N-dealkylation sites (tertiary alicyclic amines) is 1. The Kier molecular flexibility index (Phi) is 3.23. The number of methoxy groups -OCH3 is 1. The molecule has 116 valence electrons. The van der Waals surface area contributed by atoms with Crippen LogP contribution in [0.15, 0.2) is 18.3 Å². The van der Waals surface area contributed by atoms with Crippen molar-refractivity contribution in [1.29, 1.82) is 0 Å². The van der Waals surface area contributed by atoms with Gasteiger partial charge in [-0.3, -0.25) is 4.98 Å². The summed E-state index contributed by atoms with van der Waals surface area (Å²) < 4.78 is 19.3. The van der Waals surface area contributed by atoms with Crippen molar-refractivity contribution in [2.24, 2.45) is 17.6 Å². The predicted octanol–water partition coefficient (Wildman–Crippen LogP) is 1.21. The molecular weight excluding hydrogens is 283 g/mol. The average molecular weight is 302 g/mol. The summed E-state index contributed by atoms with van der Waals surface area (Å²) in [6.07, 6.45) is 1.91. The second kappa shape index (κ2) is 5.14. The molecule has 2 aliphatic rings. The molecule has 0 spiro atoms. The van der Waals surface area contributed by atoms with Crippen molar-refractivity contribution in [3.05, 3.63) is 29.7 Å². The Hall–Kier alpha value is -1.79. The van der Waals surface area contributed by atoms with Gasteiger partial charge >= 0.3 is 0 Å². The van der Waals surface area contributed by atoms with E-state index in [1.54, 1.807) is 13.2 Å². The summed E-state index contributed by atoms with van der Waals surface area (Å²) in [4.78, 5) is 10.8. The van der Waals surface area contributed by atoms with E-state index in [1.165, 1.54) is 6.20 Å². The van der Waals surface area contributed by atoms with Crippen molar-refractivity contribution >= 4 is 11.0 Å².